The van der Waals surface area contributed by atoms with Crippen LogP contribution in [0.15, 0.2) is 0 Å². The fourth-order valence-corrected chi connectivity index (χ4v) is 0.264. The molecule has 1 heterocycles. The molecule has 1 rings (SSSR count). The van der Waals surface area contributed by atoms with Gasteiger partial charge in [0.2, 0.25) is 0 Å². The highest BCUT2D eigenvalue weighted by Gasteiger charge is 2.02. The van der Waals surface area contributed by atoms with Crippen LogP contribution in [0.1, 0.15) is 6.42 Å². The zero-order chi connectivity index (χ0) is 3.54. The van der Waals surface area contributed by atoms with Gasteiger partial charge < -0.3 is 0 Å². The van der Waals surface area contributed by atoms with Gasteiger partial charge in [0.1, 0.15) is 0 Å². The van der Waals surface area contributed by atoms with Gasteiger partial charge in [-0.3, -0.25) is 0 Å². The summed E-state index contributed by atoms with van der Waals surface area (Å²) in [5.41, 5.74) is 0. The van der Waals surface area contributed by atoms with E-state index in [4.69, 9.17) is 0 Å². The maximum Gasteiger partial charge on any atom is 0.285 e. The molecule has 5 heavy (non-hydrogen) atoms. The van der Waals surface area contributed by atoms with Crippen LogP contribution in [-0.2, 0) is 4.84 Å². The molecule has 0 aromatic carbocycles. The summed E-state index contributed by atoms with van der Waals surface area (Å²) in [7, 11) is 0. The van der Waals surface area contributed by atoms with E-state index in [1.54, 1.807) is 6.21 Å². The summed E-state index contributed by atoms with van der Waals surface area (Å²) in [4.78, 5) is 4.51. The van der Waals surface area contributed by atoms with Gasteiger partial charge >= 0.3 is 0 Å². The molecule has 0 bridgehead atoms. The molecule has 0 amide bonds. The van der Waals surface area contributed by atoms with Crippen LogP contribution in [0.4, 0.5) is 0 Å². The highest BCUT2D eigenvalue weighted by Crippen LogP contribution is 1.77. The van der Waals surface area contributed by atoms with Crippen LogP contribution in [0, 0.1) is 0 Å². The third-order valence-corrected chi connectivity index (χ3v) is 0.487. The Labute approximate surface area is 30.4 Å². The fraction of sp³-hybridized carbons (Fsp3) is 0.667. The summed E-state index contributed by atoms with van der Waals surface area (Å²) in [5.74, 6) is 0. The lowest BCUT2D eigenvalue weighted by Gasteiger charge is -1.60. The Balaban J connectivity index is 2.32. The van der Waals surface area contributed by atoms with E-state index in [1.165, 1.54) is 0 Å². The van der Waals surface area contributed by atoms with Crippen LogP contribution in [0.2, 0.25) is 0 Å². The molecule has 0 aromatic rings. The van der Waals surface area contributed by atoms with E-state index < -0.39 is 0 Å². The average molecular weight is 71.1 g/mol. The van der Waals surface area contributed by atoms with E-state index >= 15 is 0 Å². The first-order chi connectivity index (χ1) is 2.50. The van der Waals surface area contributed by atoms with Crippen molar-refractivity contribution in [3.05, 3.63) is 0 Å². The summed E-state index contributed by atoms with van der Waals surface area (Å²) in [6, 6.07) is 0. The highest BCUT2D eigenvalue weighted by molar-refractivity contribution is 5.56. The van der Waals surface area contributed by atoms with Crippen LogP contribution < -0.4 is 5.16 Å². The van der Waals surface area contributed by atoms with Gasteiger partial charge in [0.25, 0.3) is 11.4 Å². The largest absolute Gasteiger partial charge is 0.285 e. The van der Waals surface area contributed by atoms with Crippen molar-refractivity contribution in [1.29, 1.82) is 0 Å². The minimum atomic E-state index is 0.778. The van der Waals surface area contributed by atoms with E-state index in [9.17, 15) is 0 Å². The number of oxime groups is 1. The molecule has 1 radical (unpaired) electrons. The number of nitrogens with zero attached hydrogens (tertiary/aromatic N) is 1. The Hall–Kier alpha value is -0.530. The van der Waals surface area contributed by atoms with Crippen LogP contribution in [0.5, 0.6) is 0 Å². The first-order valence-electron chi connectivity index (χ1n) is 1.64. The van der Waals surface area contributed by atoms with Gasteiger partial charge in [-0.1, -0.05) is 0 Å². The zero-order valence-electron chi connectivity index (χ0n) is 2.85. The van der Waals surface area contributed by atoms with Crippen LogP contribution >= 0.6 is 0 Å². The third kappa shape index (κ3) is 0.375. The molecular formula is C3H5NO+. The van der Waals surface area contributed by atoms with Crippen molar-refractivity contribution in [2.75, 3.05) is 6.61 Å². The molecule has 0 saturated carbocycles. The predicted molar refractivity (Wildman–Crippen MR) is 18.8 cm³/mol. The first kappa shape index (κ1) is 2.69. The van der Waals surface area contributed by atoms with Crippen LogP contribution in [-0.4, -0.2) is 12.8 Å². The molecule has 1 aliphatic heterocycles. The van der Waals surface area contributed by atoms with Gasteiger partial charge in [0.05, 0.1) is 6.42 Å². The van der Waals surface area contributed by atoms with Crippen molar-refractivity contribution in [1.82, 2.24) is 5.16 Å². The Morgan fingerprint density at radius 3 is 3.00 bits per heavy atom. The van der Waals surface area contributed by atoms with E-state index in [2.05, 4.69) is 9.99 Å². The van der Waals surface area contributed by atoms with E-state index in [-0.39, 0.29) is 0 Å². The Kier molecular flexibility index (Phi) is 0.571. The molecule has 0 aromatic heterocycles. The molecule has 1 aliphatic rings. The van der Waals surface area contributed by atoms with Crippen molar-refractivity contribution >= 4 is 6.21 Å². The summed E-state index contributed by atoms with van der Waals surface area (Å²) >= 11 is 0. The summed E-state index contributed by atoms with van der Waals surface area (Å²) in [5, 5.41) is 3.46. The van der Waals surface area contributed by atoms with Crippen molar-refractivity contribution in [3.8, 4) is 0 Å². The Morgan fingerprint density at radius 1 is 1.80 bits per heavy atom. The van der Waals surface area contributed by atoms with Crippen molar-refractivity contribution in [3.63, 3.8) is 0 Å². The van der Waals surface area contributed by atoms with E-state index in [0.29, 0.717) is 0 Å². The van der Waals surface area contributed by atoms with Gasteiger partial charge in [-0.2, -0.15) is 0 Å². The van der Waals surface area contributed by atoms with Gasteiger partial charge in [0, 0.05) is 0 Å². The predicted octanol–water partition coefficient (Wildman–Crippen LogP) is -0.272. The van der Waals surface area contributed by atoms with Gasteiger partial charge in [-0.15, -0.1) is 0 Å². The van der Waals surface area contributed by atoms with Gasteiger partial charge in [-0.25, -0.2) is 4.84 Å². The van der Waals surface area contributed by atoms with Gasteiger partial charge in [0.15, 0.2) is 6.61 Å². The van der Waals surface area contributed by atoms with E-state index in [1.807, 2.05) is 0 Å². The lowest BCUT2D eigenvalue weighted by atomic mass is 10.5. The molecule has 0 atom stereocenters. The van der Waals surface area contributed by atoms with Crippen molar-refractivity contribution < 1.29 is 4.84 Å². The van der Waals surface area contributed by atoms with Crippen LogP contribution in [0.25, 0.3) is 0 Å². The fourth-order valence-electron chi connectivity index (χ4n) is 0.264. The monoisotopic (exact) mass is 71.0 g/mol. The lowest BCUT2D eigenvalue weighted by molar-refractivity contribution is 0.127. The topological polar surface area (TPSA) is 23.3 Å². The molecular weight excluding hydrogens is 66.0 g/mol. The maximum absolute atomic E-state index is 4.51. The highest BCUT2D eigenvalue weighted by atomic mass is 16.6. The normalized spacial score (nSPS) is 19.2. The molecule has 0 unspecified atom stereocenters. The molecule has 0 saturated heterocycles. The van der Waals surface area contributed by atoms with E-state index in [0.717, 1.165) is 13.0 Å². The quantitative estimate of drug-likeness (QED) is 0.385. The van der Waals surface area contributed by atoms with Crippen molar-refractivity contribution in [2.24, 2.45) is 0 Å². The number of hydrogen-bond acceptors (Lipinski definition) is 2. The molecule has 0 aliphatic carbocycles. The smallest absolute Gasteiger partial charge is 0.213 e. The molecule has 0 spiro atoms. The van der Waals surface area contributed by atoms with Crippen LogP contribution in [0.3, 0.4) is 0 Å². The van der Waals surface area contributed by atoms with Gasteiger partial charge in [-0.05, 0) is 0 Å². The minimum Gasteiger partial charge on any atom is -0.213 e. The molecule has 2 nitrogen and oxygen atoms in total. The summed E-state index contributed by atoms with van der Waals surface area (Å²) in [6.45, 7) is 0.778. The molecule has 27 valence electrons. The maximum atomic E-state index is 4.51. The summed E-state index contributed by atoms with van der Waals surface area (Å²) in [6.07, 6.45) is 2.75. The van der Waals surface area contributed by atoms with Crippen molar-refractivity contribution in [2.45, 2.75) is 6.42 Å². The third-order valence-electron chi connectivity index (χ3n) is 0.487. The lowest BCUT2D eigenvalue weighted by Crippen LogP contribution is -1.78. The molecule has 0 fully saturated rings. The Bertz CT molecular complexity index is 44.9. The Morgan fingerprint density at radius 2 is 2.80 bits per heavy atom. The second-order valence-corrected chi connectivity index (χ2v) is 0.910. The zero-order valence-corrected chi connectivity index (χ0v) is 2.85. The second kappa shape index (κ2) is 1.06. The standard InChI is InChI=1S/C3H5NO/c1-2-4-5-3-1/h2H,1,3H2/q+1. The molecule has 0 N–H and O–H groups in total. The number of hydrogen-bond donors (Lipinski definition) is 0. The first-order valence-corrected chi connectivity index (χ1v) is 1.64. The number of rotatable bonds is 0. The summed E-state index contributed by atoms with van der Waals surface area (Å²) < 4.78 is 0. The average Bonchev–Trinajstić information content (AvgIpc) is 1.76. The second-order valence-electron chi connectivity index (χ2n) is 0.910. The minimum absolute atomic E-state index is 0.778. The SMILES string of the molecule is C1=[N+]OCC1. The molecule has 2 heteroatoms.